The SMILES string of the molecule is CCS(=O)CCNC(C)C(=O)N1CCCCCC1. The predicted octanol–water partition coefficient (Wildman–Crippen LogP) is 1.14. The van der Waals surface area contributed by atoms with Crippen molar-refractivity contribution in [2.24, 2.45) is 0 Å². The molecule has 0 aromatic rings. The molecule has 0 spiro atoms. The Balaban J connectivity index is 2.28. The zero-order valence-corrected chi connectivity index (χ0v) is 12.4. The summed E-state index contributed by atoms with van der Waals surface area (Å²) in [6.07, 6.45) is 4.72. The summed E-state index contributed by atoms with van der Waals surface area (Å²) < 4.78 is 11.3. The molecule has 0 aliphatic carbocycles. The molecule has 2 atom stereocenters. The molecule has 0 aromatic carbocycles. The van der Waals surface area contributed by atoms with Crippen LogP contribution in [0.25, 0.3) is 0 Å². The van der Waals surface area contributed by atoms with Gasteiger partial charge in [0, 0.05) is 41.9 Å². The molecule has 1 aliphatic rings. The van der Waals surface area contributed by atoms with Gasteiger partial charge in [-0.3, -0.25) is 9.00 Å². The standard InChI is InChI=1S/C13H26N2O2S/c1-3-18(17)11-8-14-12(2)13(16)15-9-6-4-5-7-10-15/h12,14H,3-11H2,1-2H3. The second-order valence-corrected chi connectivity index (χ2v) is 6.71. The van der Waals surface area contributed by atoms with Crippen molar-refractivity contribution in [3.8, 4) is 0 Å². The highest BCUT2D eigenvalue weighted by atomic mass is 32.2. The highest BCUT2D eigenvalue weighted by molar-refractivity contribution is 7.84. The average Bonchev–Trinajstić information content (AvgIpc) is 2.66. The third-order valence-electron chi connectivity index (χ3n) is 3.39. The zero-order valence-electron chi connectivity index (χ0n) is 11.6. The first kappa shape index (κ1) is 15.6. The fraction of sp³-hybridized carbons (Fsp3) is 0.923. The number of hydrogen-bond donors (Lipinski definition) is 1. The number of amides is 1. The normalized spacial score (nSPS) is 20.2. The van der Waals surface area contributed by atoms with Crippen molar-refractivity contribution in [1.82, 2.24) is 10.2 Å². The number of hydrogen-bond acceptors (Lipinski definition) is 3. The Bertz CT molecular complexity index is 276. The minimum absolute atomic E-state index is 0.156. The molecule has 1 aliphatic heterocycles. The number of carbonyl (C=O) groups excluding carboxylic acids is 1. The van der Waals surface area contributed by atoms with E-state index < -0.39 is 10.8 Å². The van der Waals surface area contributed by atoms with Crippen molar-refractivity contribution in [2.45, 2.75) is 45.6 Å². The maximum Gasteiger partial charge on any atom is 0.239 e. The molecule has 1 heterocycles. The van der Waals surface area contributed by atoms with Crippen LogP contribution >= 0.6 is 0 Å². The fourth-order valence-corrected chi connectivity index (χ4v) is 2.82. The lowest BCUT2D eigenvalue weighted by molar-refractivity contribution is -0.132. The van der Waals surface area contributed by atoms with E-state index in [1.54, 1.807) is 0 Å². The van der Waals surface area contributed by atoms with E-state index >= 15 is 0 Å². The molecule has 0 aromatic heterocycles. The largest absolute Gasteiger partial charge is 0.341 e. The van der Waals surface area contributed by atoms with E-state index in [2.05, 4.69) is 5.32 Å². The second kappa shape index (κ2) is 8.64. The van der Waals surface area contributed by atoms with E-state index in [0.717, 1.165) is 25.9 Å². The average molecular weight is 274 g/mol. The van der Waals surface area contributed by atoms with Crippen LogP contribution in [0.15, 0.2) is 0 Å². The summed E-state index contributed by atoms with van der Waals surface area (Å²) in [5.74, 6) is 1.52. The molecular formula is C13H26N2O2S. The molecule has 4 nitrogen and oxygen atoms in total. The Morgan fingerprint density at radius 2 is 1.89 bits per heavy atom. The maximum atomic E-state index is 12.2. The van der Waals surface area contributed by atoms with Crippen molar-refractivity contribution in [3.05, 3.63) is 0 Å². The molecule has 0 radical (unpaired) electrons. The van der Waals surface area contributed by atoms with E-state index in [0.29, 0.717) is 18.1 Å². The van der Waals surface area contributed by atoms with Gasteiger partial charge in [0.05, 0.1) is 6.04 Å². The van der Waals surface area contributed by atoms with Gasteiger partial charge in [-0.2, -0.15) is 0 Å². The van der Waals surface area contributed by atoms with Gasteiger partial charge >= 0.3 is 0 Å². The molecule has 106 valence electrons. The maximum absolute atomic E-state index is 12.2. The van der Waals surface area contributed by atoms with Gasteiger partial charge in [0.1, 0.15) is 0 Å². The van der Waals surface area contributed by atoms with Gasteiger partial charge in [0.15, 0.2) is 0 Å². The van der Waals surface area contributed by atoms with E-state index in [1.807, 2.05) is 18.7 Å². The molecule has 1 amide bonds. The minimum Gasteiger partial charge on any atom is -0.341 e. The van der Waals surface area contributed by atoms with Gasteiger partial charge in [-0.25, -0.2) is 0 Å². The summed E-state index contributed by atoms with van der Waals surface area (Å²) >= 11 is 0. The first-order valence-corrected chi connectivity index (χ1v) is 8.51. The smallest absolute Gasteiger partial charge is 0.239 e. The molecule has 5 heteroatoms. The van der Waals surface area contributed by atoms with Crippen LogP contribution in [0.2, 0.25) is 0 Å². The van der Waals surface area contributed by atoms with E-state index in [-0.39, 0.29) is 11.9 Å². The Morgan fingerprint density at radius 3 is 2.44 bits per heavy atom. The lowest BCUT2D eigenvalue weighted by Gasteiger charge is -2.24. The molecule has 1 rings (SSSR count). The Labute approximate surface area is 113 Å². The number of likely N-dealkylation sites (tertiary alicyclic amines) is 1. The Morgan fingerprint density at radius 1 is 1.28 bits per heavy atom. The summed E-state index contributed by atoms with van der Waals surface area (Å²) in [4.78, 5) is 14.2. The van der Waals surface area contributed by atoms with Gasteiger partial charge < -0.3 is 10.2 Å². The lowest BCUT2D eigenvalue weighted by atomic mass is 10.2. The van der Waals surface area contributed by atoms with Gasteiger partial charge in [-0.1, -0.05) is 19.8 Å². The van der Waals surface area contributed by atoms with Crippen LogP contribution < -0.4 is 5.32 Å². The zero-order chi connectivity index (χ0) is 13.4. The topological polar surface area (TPSA) is 49.4 Å². The highest BCUT2D eigenvalue weighted by Crippen LogP contribution is 2.10. The van der Waals surface area contributed by atoms with Crippen molar-refractivity contribution in [2.75, 3.05) is 31.1 Å². The van der Waals surface area contributed by atoms with Crippen LogP contribution in [-0.4, -0.2) is 52.2 Å². The van der Waals surface area contributed by atoms with Crippen LogP contribution in [0.4, 0.5) is 0 Å². The third-order valence-corrected chi connectivity index (χ3v) is 4.69. The van der Waals surface area contributed by atoms with Gasteiger partial charge in [0.25, 0.3) is 0 Å². The van der Waals surface area contributed by atoms with E-state index in [4.69, 9.17) is 0 Å². The number of nitrogens with one attached hydrogen (secondary N) is 1. The molecule has 0 saturated carbocycles. The summed E-state index contributed by atoms with van der Waals surface area (Å²) in [7, 11) is -0.752. The monoisotopic (exact) mass is 274 g/mol. The van der Waals surface area contributed by atoms with E-state index in [1.165, 1.54) is 12.8 Å². The van der Waals surface area contributed by atoms with Crippen LogP contribution in [-0.2, 0) is 15.6 Å². The van der Waals surface area contributed by atoms with Crippen LogP contribution in [0, 0.1) is 0 Å². The first-order chi connectivity index (χ1) is 8.65. The Kier molecular flexibility index (Phi) is 7.51. The quantitative estimate of drug-likeness (QED) is 0.790. The third kappa shape index (κ3) is 5.48. The molecule has 0 bridgehead atoms. The van der Waals surface area contributed by atoms with Crippen molar-refractivity contribution in [1.29, 1.82) is 0 Å². The molecule has 2 unspecified atom stereocenters. The van der Waals surface area contributed by atoms with Crippen molar-refractivity contribution >= 4 is 16.7 Å². The van der Waals surface area contributed by atoms with Gasteiger partial charge in [-0.05, 0) is 19.8 Å². The Hall–Kier alpha value is -0.420. The fourth-order valence-electron chi connectivity index (χ4n) is 2.19. The molecular weight excluding hydrogens is 248 g/mol. The number of rotatable bonds is 6. The summed E-state index contributed by atoms with van der Waals surface area (Å²) in [5, 5.41) is 3.18. The highest BCUT2D eigenvalue weighted by Gasteiger charge is 2.20. The summed E-state index contributed by atoms with van der Waals surface area (Å²) in [6, 6.07) is -0.156. The molecule has 1 saturated heterocycles. The van der Waals surface area contributed by atoms with Crippen molar-refractivity contribution in [3.63, 3.8) is 0 Å². The van der Waals surface area contributed by atoms with Crippen molar-refractivity contribution < 1.29 is 9.00 Å². The lowest BCUT2D eigenvalue weighted by Crippen LogP contribution is -2.46. The first-order valence-electron chi connectivity index (χ1n) is 7.02. The van der Waals surface area contributed by atoms with Crippen LogP contribution in [0.3, 0.4) is 0 Å². The number of nitrogens with zero attached hydrogens (tertiary/aromatic N) is 1. The second-order valence-electron chi connectivity index (χ2n) is 4.85. The number of carbonyl (C=O) groups is 1. The van der Waals surface area contributed by atoms with Crippen LogP contribution in [0.5, 0.6) is 0 Å². The van der Waals surface area contributed by atoms with E-state index in [9.17, 15) is 9.00 Å². The predicted molar refractivity (Wildman–Crippen MR) is 76.1 cm³/mol. The summed E-state index contributed by atoms with van der Waals surface area (Å²) in [6.45, 7) is 6.27. The molecule has 1 N–H and O–H groups in total. The minimum atomic E-state index is -0.752. The molecule has 1 fully saturated rings. The van der Waals surface area contributed by atoms with Gasteiger partial charge in [-0.15, -0.1) is 0 Å². The van der Waals surface area contributed by atoms with Crippen LogP contribution in [0.1, 0.15) is 39.5 Å². The van der Waals surface area contributed by atoms with Gasteiger partial charge in [0.2, 0.25) is 5.91 Å². The summed E-state index contributed by atoms with van der Waals surface area (Å²) in [5.41, 5.74) is 0. The molecule has 18 heavy (non-hydrogen) atoms.